The fraction of sp³-hybridized carbons (Fsp3) is 0. The molecule has 1 aromatic heterocycles. The van der Waals surface area contributed by atoms with Gasteiger partial charge in [0, 0.05) is 12.1 Å². The van der Waals surface area contributed by atoms with Crippen molar-refractivity contribution in [1.82, 2.24) is 4.98 Å². The zero-order valence-electron chi connectivity index (χ0n) is 9.04. The summed E-state index contributed by atoms with van der Waals surface area (Å²) in [7, 11) is 0. The van der Waals surface area contributed by atoms with Gasteiger partial charge in [0.05, 0.1) is 34.1 Å². The molecule has 0 saturated carbocycles. The molecule has 0 aliphatic heterocycles. The molecule has 92 valence electrons. The molecule has 0 fully saturated rings. The first-order chi connectivity index (χ1) is 8.56. The van der Waals surface area contributed by atoms with E-state index in [0.29, 0.717) is 11.4 Å². The third kappa shape index (κ3) is 2.67. The van der Waals surface area contributed by atoms with Crippen molar-refractivity contribution < 1.29 is 9.66 Å². The minimum absolute atomic E-state index is 0.105. The summed E-state index contributed by atoms with van der Waals surface area (Å²) in [6, 6.07) is 5.48. The maximum Gasteiger partial charge on any atom is 0.273 e. The van der Waals surface area contributed by atoms with Crippen molar-refractivity contribution in [2.75, 3.05) is 5.73 Å². The number of nitrogens with two attached hydrogens (primary N) is 1. The second-order valence-electron chi connectivity index (χ2n) is 3.43. The highest BCUT2D eigenvalue weighted by Crippen LogP contribution is 2.32. The molecule has 0 bridgehead atoms. The van der Waals surface area contributed by atoms with Gasteiger partial charge in [-0.3, -0.25) is 15.1 Å². The first-order valence-electron chi connectivity index (χ1n) is 4.88. The molecule has 0 atom stereocenters. The Bertz CT molecular complexity index is 604. The number of nitro groups is 1. The lowest BCUT2D eigenvalue weighted by molar-refractivity contribution is -0.384. The van der Waals surface area contributed by atoms with Crippen LogP contribution in [0, 0.1) is 10.1 Å². The van der Waals surface area contributed by atoms with E-state index in [1.165, 1.54) is 30.6 Å². The standard InChI is InChI=1S/C11H8ClN3O3/c12-10-2-1-8(15(16)17)4-11(10)18-9-3-7(13)5-14-6-9/h1-6H,13H2. The number of aromatic nitrogens is 1. The number of anilines is 1. The highest BCUT2D eigenvalue weighted by molar-refractivity contribution is 6.32. The summed E-state index contributed by atoms with van der Waals surface area (Å²) < 4.78 is 5.40. The number of ether oxygens (including phenoxy) is 1. The molecule has 0 spiro atoms. The van der Waals surface area contributed by atoms with E-state index >= 15 is 0 Å². The zero-order chi connectivity index (χ0) is 13.1. The second-order valence-corrected chi connectivity index (χ2v) is 3.84. The molecule has 2 aromatic rings. The van der Waals surface area contributed by atoms with Gasteiger partial charge in [0.15, 0.2) is 5.75 Å². The van der Waals surface area contributed by atoms with Crippen LogP contribution in [-0.2, 0) is 0 Å². The molecule has 2 rings (SSSR count). The van der Waals surface area contributed by atoms with Crippen LogP contribution in [0.4, 0.5) is 11.4 Å². The Hall–Kier alpha value is -2.34. The monoisotopic (exact) mass is 265 g/mol. The molecular formula is C11H8ClN3O3. The second kappa shape index (κ2) is 4.89. The Kier molecular flexibility index (Phi) is 3.29. The Balaban J connectivity index is 2.33. The van der Waals surface area contributed by atoms with Crippen molar-refractivity contribution in [2.45, 2.75) is 0 Å². The van der Waals surface area contributed by atoms with Crippen molar-refractivity contribution in [3.63, 3.8) is 0 Å². The van der Waals surface area contributed by atoms with Crippen molar-refractivity contribution in [2.24, 2.45) is 0 Å². The van der Waals surface area contributed by atoms with Gasteiger partial charge in [-0.2, -0.15) is 0 Å². The fourth-order valence-electron chi connectivity index (χ4n) is 1.30. The summed E-state index contributed by atoms with van der Waals surface area (Å²) in [5.74, 6) is 0.538. The van der Waals surface area contributed by atoms with E-state index in [1.807, 2.05) is 0 Å². The smallest absolute Gasteiger partial charge is 0.273 e. The van der Waals surface area contributed by atoms with Gasteiger partial charge in [0.2, 0.25) is 0 Å². The van der Waals surface area contributed by atoms with Gasteiger partial charge < -0.3 is 10.5 Å². The highest BCUT2D eigenvalue weighted by Gasteiger charge is 2.11. The van der Waals surface area contributed by atoms with Crippen LogP contribution >= 0.6 is 11.6 Å². The molecule has 7 heteroatoms. The Morgan fingerprint density at radius 1 is 1.33 bits per heavy atom. The highest BCUT2D eigenvalue weighted by atomic mass is 35.5. The van der Waals surface area contributed by atoms with Crippen molar-refractivity contribution in [3.8, 4) is 11.5 Å². The number of rotatable bonds is 3. The number of halogens is 1. The number of nitrogen functional groups attached to an aromatic ring is 1. The summed E-state index contributed by atoms with van der Waals surface area (Å²) in [4.78, 5) is 14.0. The Morgan fingerprint density at radius 2 is 2.11 bits per heavy atom. The van der Waals surface area contributed by atoms with Crippen LogP contribution < -0.4 is 10.5 Å². The summed E-state index contributed by atoms with van der Waals surface area (Å²) in [5.41, 5.74) is 5.86. The van der Waals surface area contributed by atoms with E-state index < -0.39 is 4.92 Å². The first-order valence-corrected chi connectivity index (χ1v) is 5.26. The lowest BCUT2D eigenvalue weighted by atomic mass is 10.3. The summed E-state index contributed by atoms with van der Waals surface area (Å²) >= 11 is 5.89. The molecule has 1 aromatic carbocycles. The van der Waals surface area contributed by atoms with Gasteiger partial charge >= 0.3 is 0 Å². The van der Waals surface area contributed by atoms with E-state index in [2.05, 4.69) is 4.98 Å². The van der Waals surface area contributed by atoms with E-state index in [0.717, 1.165) is 0 Å². The zero-order valence-corrected chi connectivity index (χ0v) is 9.79. The molecule has 0 aliphatic carbocycles. The average molecular weight is 266 g/mol. The van der Waals surface area contributed by atoms with Gasteiger partial charge in [0.1, 0.15) is 5.75 Å². The molecule has 0 amide bonds. The SMILES string of the molecule is Nc1cncc(Oc2cc([N+](=O)[O-])ccc2Cl)c1. The summed E-state index contributed by atoms with van der Waals surface area (Å²) in [5, 5.41) is 10.9. The number of pyridine rings is 1. The molecule has 1 heterocycles. The van der Waals surface area contributed by atoms with E-state index in [9.17, 15) is 10.1 Å². The number of benzene rings is 1. The maximum absolute atomic E-state index is 10.6. The maximum atomic E-state index is 10.6. The van der Waals surface area contributed by atoms with E-state index in [4.69, 9.17) is 22.1 Å². The third-order valence-corrected chi connectivity index (χ3v) is 2.40. The largest absolute Gasteiger partial charge is 0.454 e. The quantitative estimate of drug-likeness (QED) is 0.680. The van der Waals surface area contributed by atoms with Crippen LogP contribution in [-0.4, -0.2) is 9.91 Å². The lowest BCUT2D eigenvalue weighted by Gasteiger charge is -2.07. The number of nitro benzene ring substituents is 1. The van der Waals surface area contributed by atoms with Crippen molar-refractivity contribution in [3.05, 3.63) is 51.8 Å². The van der Waals surface area contributed by atoms with Gasteiger partial charge in [-0.25, -0.2) is 0 Å². The van der Waals surface area contributed by atoms with Crippen LogP contribution in [0.25, 0.3) is 0 Å². The third-order valence-electron chi connectivity index (χ3n) is 2.09. The van der Waals surface area contributed by atoms with Gasteiger partial charge in [-0.05, 0) is 6.07 Å². The molecule has 6 nitrogen and oxygen atoms in total. The van der Waals surface area contributed by atoms with Crippen LogP contribution in [0.5, 0.6) is 11.5 Å². The van der Waals surface area contributed by atoms with Gasteiger partial charge in [-0.1, -0.05) is 11.6 Å². The van der Waals surface area contributed by atoms with Crippen LogP contribution in [0.3, 0.4) is 0 Å². The summed E-state index contributed by atoms with van der Waals surface area (Å²) in [6.45, 7) is 0. The molecule has 0 aliphatic rings. The molecule has 18 heavy (non-hydrogen) atoms. The van der Waals surface area contributed by atoms with Crippen LogP contribution in [0.1, 0.15) is 0 Å². The predicted molar refractivity (Wildman–Crippen MR) is 66.8 cm³/mol. The minimum atomic E-state index is -0.527. The van der Waals surface area contributed by atoms with E-state index in [-0.39, 0.29) is 16.5 Å². The Labute approximate surface area is 107 Å². The van der Waals surface area contributed by atoms with Crippen molar-refractivity contribution in [1.29, 1.82) is 0 Å². The van der Waals surface area contributed by atoms with Gasteiger partial charge in [0.25, 0.3) is 5.69 Å². The molecule has 0 unspecified atom stereocenters. The number of hydrogen-bond acceptors (Lipinski definition) is 5. The molecule has 0 saturated heterocycles. The van der Waals surface area contributed by atoms with Crippen molar-refractivity contribution >= 4 is 23.0 Å². The normalized spacial score (nSPS) is 10.1. The van der Waals surface area contributed by atoms with E-state index in [1.54, 1.807) is 6.07 Å². The molecule has 2 N–H and O–H groups in total. The lowest BCUT2D eigenvalue weighted by Crippen LogP contribution is -1.92. The predicted octanol–water partition coefficient (Wildman–Crippen LogP) is 3.02. The minimum Gasteiger partial charge on any atom is -0.454 e. The van der Waals surface area contributed by atoms with Crippen LogP contribution in [0.15, 0.2) is 36.7 Å². The Morgan fingerprint density at radius 3 is 2.78 bits per heavy atom. The number of nitrogens with zero attached hydrogens (tertiary/aromatic N) is 2. The number of hydrogen-bond donors (Lipinski definition) is 1. The van der Waals surface area contributed by atoms with Crippen LogP contribution in [0.2, 0.25) is 5.02 Å². The fourth-order valence-corrected chi connectivity index (χ4v) is 1.46. The molecule has 0 radical (unpaired) electrons. The van der Waals surface area contributed by atoms with Gasteiger partial charge in [-0.15, -0.1) is 0 Å². The number of non-ortho nitro benzene ring substituents is 1. The molecular weight excluding hydrogens is 258 g/mol. The summed E-state index contributed by atoms with van der Waals surface area (Å²) in [6.07, 6.45) is 2.90. The topological polar surface area (TPSA) is 91.3 Å². The first kappa shape index (κ1) is 12.1. The average Bonchev–Trinajstić information content (AvgIpc) is 2.31.